The number of aromatic carboxylic acids is 1. The number of benzene rings is 1. The minimum Gasteiger partial charge on any atom is -0.478 e. The van der Waals surface area contributed by atoms with Crippen LogP contribution in [0.25, 0.3) is 11.0 Å². The molecule has 0 fully saturated rings. The predicted octanol–water partition coefficient (Wildman–Crippen LogP) is 1.42. The van der Waals surface area contributed by atoms with Gasteiger partial charge in [-0.15, -0.1) is 5.10 Å². The Bertz CT molecular complexity index is 732. The second-order valence-electron chi connectivity index (χ2n) is 4.44. The third kappa shape index (κ3) is 2.25. The number of imidazole rings is 1. The second kappa shape index (κ2) is 5.12. The zero-order valence-electron chi connectivity index (χ0n) is 10.7. The number of nitrogens with zero attached hydrogens (tertiary/aromatic N) is 5. The molecule has 0 bridgehead atoms. The Labute approximate surface area is 114 Å². The molecule has 102 valence electrons. The van der Waals surface area contributed by atoms with Crippen molar-refractivity contribution in [2.24, 2.45) is 0 Å². The summed E-state index contributed by atoms with van der Waals surface area (Å²) in [7, 11) is 0. The summed E-state index contributed by atoms with van der Waals surface area (Å²) in [5.41, 5.74) is 1.64. The van der Waals surface area contributed by atoms with Gasteiger partial charge in [0.25, 0.3) is 0 Å². The first-order valence-corrected chi connectivity index (χ1v) is 6.27. The van der Waals surface area contributed by atoms with Crippen LogP contribution in [0.5, 0.6) is 0 Å². The Balaban J connectivity index is 1.82. The topological polar surface area (TPSA) is 85.8 Å². The molecule has 0 saturated carbocycles. The molecule has 7 heteroatoms. The summed E-state index contributed by atoms with van der Waals surface area (Å²) in [6, 6.07) is 5.12. The SMILES string of the molecule is O=C(O)c1cccc2ncn(CCCn3ccnn3)c12. The first kappa shape index (κ1) is 12.3. The quantitative estimate of drug-likeness (QED) is 0.758. The van der Waals surface area contributed by atoms with E-state index >= 15 is 0 Å². The van der Waals surface area contributed by atoms with E-state index in [4.69, 9.17) is 0 Å². The molecule has 3 aromatic rings. The summed E-state index contributed by atoms with van der Waals surface area (Å²) in [5, 5.41) is 16.9. The van der Waals surface area contributed by atoms with Crippen LogP contribution >= 0.6 is 0 Å². The van der Waals surface area contributed by atoms with Crippen molar-refractivity contribution in [3.05, 3.63) is 42.5 Å². The fourth-order valence-corrected chi connectivity index (χ4v) is 2.22. The van der Waals surface area contributed by atoms with E-state index in [0.717, 1.165) is 13.0 Å². The Hall–Kier alpha value is -2.70. The average molecular weight is 271 g/mol. The van der Waals surface area contributed by atoms with Gasteiger partial charge in [-0.3, -0.25) is 4.68 Å². The van der Waals surface area contributed by atoms with Crippen LogP contribution in [0.3, 0.4) is 0 Å². The highest BCUT2D eigenvalue weighted by atomic mass is 16.4. The maximum atomic E-state index is 11.3. The molecule has 2 heterocycles. The minimum atomic E-state index is -0.936. The first-order chi connectivity index (χ1) is 9.75. The number of hydrogen-bond acceptors (Lipinski definition) is 4. The summed E-state index contributed by atoms with van der Waals surface area (Å²) in [4.78, 5) is 15.5. The number of para-hydroxylation sites is 1. The van der Waals surface area contributed by atoms with Crippen LogP contribution in [-0.2, 0) is 13.1 Å². The van der Waals surface area contributed by atoms with Gasteiger partial charge in [-0.25, -0.2) is 9.78 Å². The molecular formula is C13H13N5O2. The lowest BCUT2D eigenvalue weighted by molar-refractivity contribution is 0.0698. The summed E-state index contributed by atoms with van der Waals surface area (Å²) < 4.78 is 3.62. The van der Waals surface area contributed by atoms with Crippen LogP contribution in [0.15, 0.2) is 36.9 Å². The fraction of sp³-hybridized carbons (Fsp3) is 0.231. The lowest BCUT2D eigenvalue weighted by atomic mass is 10.2. The molecule has 0 aliphatic rings. The lowest BCUT2D eigenvalue weighted by Crippen LogP contribution is -2.06. The molecule has 20 heavy (non-hydrogen) atoms. The van der Waals surface area contributed by atoms with Crippen LogP contribution in [0.1, 0.15) is 16.8 Å². The van der Waals surface area contributed by atoms with Gasteiger partial charge in [0.05, 0.1) is 29.1 Å². The van der Waals surface area contributed by atoms with E-state index in [0.29, 0.717) is 17.6 Å². The Kier molecular flexibility index (Phi) is 3.16. The van der Waals surface area contributed by atoms with Crippen LogP contribution in [0.4, 0.5) is 0 Å². The standard InChI is InChI=1S/C13H13N5O2/c19-13(20)10-3-1-4-11-12(10)17(9-14-11)6-2-7-18-8-5-15-16-18/h1,3-5,8-9H,2,6-7H2,(H,19,20). The van der Waals surface area contributed by atoms with Crippen molar-refractivity contribution in [1.29, 1.82) is 0 Å². The van der Waals surface area contributed by atoms with Gasteiger partial charge in [-0.1, -0.05) is 11.3 Å². The number of aryl methyl sites for hydroxylation is 2. The maximum Gasteiger partial charge on any atom is 0.337 e. The molecule has 0 atom stereocenters. The van der Waals surface area contributed by atoms with E-state index in [2.05, 4.69) is 15.3 Å². The molecule has 3 rings (SSSR count). The number of aromatic nitrogens is 5. The zero-order valence-corrected chi connectivity index (χ0v) is 10.7. The molecule has 7 nitrogen and oxygen atoms in total. The summed E-state index contributed by atoms with van der Waals surface area (Å²) in [5.74, 6) is -0.936. The van der Waals surface area contributed by atoms with Crippen LogP contribution in [0.2, 0.25) is 0 Å². The number of fused-ring (bicyclic) bond motifs is 1. The summed E-state index contributed by atoms with van der Waals surface area (Å²) in [6.07, 6.45) is 5.94. The monoisotopic (exact) mass is 271 g/mol. The number of carbonyl (C=O) groups is 1. The number of carboxylic acids is 1. The van der Waals surface area contributed by atoms with Gasteiger partial charge in [-0.2, -0.15) is 0 Å². The van der Waals surface area contributed by atoms with Gasteiger partial charge in [0, 0.05) is 19.3 Å². The van der Waals surface area contributed by atoms with Crippen LogP contribution in [0, 0.1) is 0 Å². The van der Waals surface area contributed by atoms with Crippen LogP contribution < -0.4 is 0 Å². The molecule has 1 N–H and O–H groups in total. The lowest BCUT2D eigenvalue weighted by Gasteiger charge is -2.06. The van der Waals surface area contributed by atoms with E-state index in [1.54, 1.807) is 35.5 Å². The van der Waals surface area contributed by atoms with Crippen molar-refractivity contribution in [2.45, 2.75) is 19.5 Å². The van der Waals surface area contributed by atoms with Crippen molar-refractivity contribution in [2.75, 3.05) is 0 Å². The second-order valence-corrected chi connectivity index (χ2v) is 4.44. The van der Waals surface area contributed by atoms with E-state index in [1.165, 1.54) is 0 Å². The van der Waals surface area contributed by atoms with Gasteiger partial charge in [0.2, 0.25) is 0 Å². The largest absolute Gasteiger partial charge is 0.478 e. The van der Waals surface area contributed by atoms with Crippen molar-refractivity contribution in [3.8, 4) is 0 Å². The number of hydrogen-bond donors (Lipinski definition) is 1. The van der Waals surface area contributed by atoms with Crippen molar-refractivity contribution < 1.29 is 9.90 Å². The number of carboxylic acid groups (broad SMARTS) is 1. The Morgan fingerprint density at radius 3 is 2.95 bits per heavy atom. The average Bonchev–Trinajstić information content (AvgIpc) is 3.08. The molecule has 0 amide bonds. The smallest absolute Gasteiger partial charge is 0.337 e. The van der Waals surface area contributed by atoms with E-state index < -0.39 is 5.97 Å². The molecule has 0 spiro atoms. The zero-order chi connectivity index (χ0) is 13.9. The van der Waals surface area contributed by atoms with E-state index in [9.17, 15) is 9.90 Å². The maximum absolute atomic E-state index is 11.3. The molecular weight excluding hydrogens is 258 g/mol. The highest BCUT2D eigenvalue weighted by Gasteiger charge is 2.12. The first-order valence-electron chi connectivity index (χ1n) is 6.27. The van der Waals surface area contributed by atoms with Gasteiger partial charge >= 0.3 is 5.97 Å². The van der Waals surface area contributed by atoms with Crippen LogP contribution in [-0.4, -0.2) is 35.6 Å². The Morgan fingerprint density at radius 1 is 1.30 bits per heavy atom. The molecule has 1 aromatic carbocycles. The van der Waals surface area contributed by atoms with Gasteiger partial charge in [0.1, 0.15) is 0 Å². The highest BCUT2D eigenvalue weighted by molar-refractivity contribution is 6.01. The van der Waals surface area contributed by atoms with Gasteiger partial charge < -0.3 is 9.67 Å². The highest BCUT2D eigenvalue weighted by Crippen LogP contribution is 2.18. The van der Waals surface area contributed by atoms with Gasteiger partial charge in [-0.05, 0) is 18.6 Å². The molecule has 0 aliphatic heterocycles. The van der Waals surface area contributed by atoms with Crippen molar-refractivity contribution in [3.63, 3.8) is 0 Å². The van der Waals surface area contributed by atoms with E-state index in [1.807, 2.05) is 10.6 Å². The molecule has 2 aromatic heterocycles. The third-order valence-corrected chi connectivity index (χ3v) is 3.13. The van der Waals surface area contributed by atoms with E-state index in [-0.39, 0.29) is 5.56 Å². The minimum absolute atomic E-state index is 0.278. The fourth-order valence-electron chi connectivity index (χ4n) is 2.22. The Morgan fingerprint density at radius 2 is 2.20 bits per heavy atom. The number of rotatable bonds is 5. The summed E-state index contributed by atoms with van der Waals surface area (Å²) >= 11 is 0. The normalized spacial score (nSPS) is 11.0. The molecule has 0 radical (unpaired) electrons. The van der Waals surface area contributed by atoms with Crippen molar-refractivity contribution >= 4 is 17.0 Å². The molecule has 0 aliphatic carbocycles. The predicted molar refractivity (Wildman–Crippen MR) is 71.3 cm³/mol. The van der Waals surface area contributed by atoms with Gasteiger partial charge in [0.15, 0.2) is 0 Å². The molecule has 0 unspecified atom stereocenters. The summed E-state index contributed by atoms with van der Waals surface area (Å²) in [6.45, 7) is 1.41. The third-order valence-electron chi connectivity index (χ3n) is 3.13. The molecule has 0 saturated heterocycles. The van der Waals surface area contributed by atoms with Crippen molar-refractivity contribution in [1.82, 2.24) is 24.5 Å².